The number of likely N-dealkylation sites (N-methyl/N-ethyl adjacent to an activating group) is 1. The van der Waals surface area contributed by atoms with E-state index < -0.39 is 0 Å². The predicted molar refractivity (Wildman–Crippen MR) is 82.2 cm³/mol. The van der Waals surface area contributed by atoms with E-state index in [0.29, 0.717) is 6.04 Å². The lowest BCUT2D eigenvalue weighted by Gasteiger charge is -2.18. The minimum Gasteiger partial charge on any atom is -0.310 e. The van der Waals surface area contributed by atoms with E-state index >= 15 is 0 Å². The molecule has 1 N–H and O–H groups in total. The third-order valence-corrected chi connectivity index (χ3v) is 3.57. The molecule has 0 radical (unpaired) electrons. The summed E-state index contributed by atoms with van der Waals surface area (Å²) in [6.45, 7) is 5.22. The van der Waals surface area contributed by atoms with Gasteiger partial charge >= 0.3 is 0 Å². The second-order valence-corrected chi connectivity index (χ2v) is 5.81. The quantitative estimate of drug-likeness (QED) is 0.914. The second-order valence-electron chi connectivity index (χ2n) is 4.90. The van der Waals surface area contributed by atoms with Crippen molar-refractivity contribution >= 4 is 15.9 Å². The summed E-state index contributed by atoms with van der Waals surface area (Å²) in [6, 6.07) is 6.90. The highest BCUT2D eigenvalue weighted by Crippen LogP contribution is 2.23. The molecule has 0 amide bonds. The summed E-state index contributed by atoms with van der Waals surface area (Å²) in [5.74, 6) is 0. The van der Waals surface area contributed by atoms with Crippen LogP contribution in [0.25, 0.3) is 0 Å². The number of halogens is 1. The summed E-state index contributed by atoms with van der Waals surface area (Å²) in [6.07, 6.45) is 4.97. The molecule has 1 heterocycles. The van der Waals surface area contributed by atoms with E-state index in [2.05, 4.69) is 64.6 Å². The largest absolute Gasteiger partial charge is 0.310 e. The number of rotatable bonds is 5. The van der Waals surface area contributed by atoms with E-state index in [0.717, 1.165) is 17.4 Å². The number of nitrogens with zero attached hydrogens (tertiary/aromatic N) is 2. The molecule has 0 saturated carbocycles. The number of hydrogen-bond acceptors (Lipinski definition) is 2. The number of hydrogen-bond donors (Lipinski definition) is 1. The van der Waals surface area contributed by atoms with Gasteiger partial charge in [0.1, 0.15) is 0 Å². The highest BCUT2D eigenvalue weighted by molar-refractivity contribution is 9.10. The van der Waals surface area contributed by atoms with Crippen LogP contribution in [0.1, 0.15) is 29.7 Å². The average Bonchev–Trinajstić information content (AvgIpc) is 2.73. The Kier molecular flexibility index (Phi) is 4.77. The second kappa shape index (κ2) is 6.35. The maximum absolute atomic E-state index is 4.24. The number of aryl methyl sites for hydroxylation is 2. The fraction of sp³-hybridized carbons (Fsp3) is 0.400. The molecule has 0 spiro atoms. The van der Waals surface area contributed by atoms with Crippen LogP contribution in [-0.2, 0) is 13.5 Å². The van der Waals surface area contributed by atoms with Gasteiger partial charge in [0.2, 0.25) is 0 Å². The molecule has 1 aromatic heterocycles. The van der Waals surface area contributed by atoms with E-state index in [-0.39, 0.29) is 0 Å². The van der Waals surface area contributed by atoms with Gasteiger partial charge in [-0.2, -0.15) is 5.10 Å². The van der Waals surface area contributed by atoms with Crippen LogP contribution >= 0.6 is 15.9 Å². The van der Waals surface area contributed by atoms with Crippen molar-refractivity contribution < 1.29 is 0 Å². The Hall–Kier alpha value is -1.13. The molecule has 2 aromatic rings. The van der Waals surface area contributed by atoms with Gasteiger partial charge in [0, 0.05) is 23.8 Å². The van der Waals surface area contributed by atoms with Crippen molar-refractivity contribution in [3.05, 3.63) is 51.8 Å². The zero-order valence-corrected chi connectivity index (χ0v) is 13.2. The molecule has 1 unspecified atom stereocenters. The molecule has 0 aliphatic rings. The smallest absolute Gasteiger partial charge is 0.0522 e. The van der Waals surface area contributed by atoms with Crippen molar-refractivity contribution in [2.75, 3.05) is 6.54 Å². The summed E-state index contributed by atoms with van der Waals surface area (Å²) >= 11 is 3.58. The van der Waals surface area contributed by atoms with Crippen LogP contribution in [0.2, 0.25) is 0 Å². The van der Waals surface area contributed by atoms with Crippen LogP contribution in [0.5, 0.6) is 0 Å². The molecule has 19 heavy (non-hydrogen) atoms. The first-order valence-electron chi connectivity index (χ1n) is 6.56. The topological polar surface area (TPSA) is 29.9 Å². The first kappa shape index (κ1) is 14.3. The number of benzene rings is 1. The lowest BCUT2D eigenvalue weighted by Crippen LogP contribution is -2.23. The Labute approximate surface area is 123 Å². The van der Waals surface area contributed by atoms with Gasteiger partial charge in [0.25, 0.3) is 0 Å². The van der Waals surface area contributed by atoms with Gasteiger partial charge in [-0.05, 0) is 48.7 Å². The number of aromatic nitrogens is 2. The summed E-state index contributed by atoms with van der Waals surface area (Å²) in [5.41, 5.74) is 3.85. The minimum atomic E-state index is 0.324. The van der Waals surface area contributed by atoms with Crippen LogP contribution in [0, 0.1) is 6.92 Å². The maximum Gasteiger partial charge on any atom is 0.0522 e. The normalized spacial score (nSPS) is 12.6. The predicted octanol–water partition coefficient (Wildman–Crippen LogP) is 3.38. The Morgan fingerprint density at radius 1 is 1.37 bits per heavy atom. The molecular formula is C15H20BrN3. The molecule has 0 saturated heterocycles. The van der Waals surface area contributed by atoms with Gasteiger partial charge in [-0.15, -0.1) is 0 Å². The summed E-state index contributed by atoms with van der Waals surface area (Å²) in [5, 5.41) is 7.79. The standard InChI is InChI=1S/C15H20BrN3/c1-4-17-15(7-12-9-18-19(3)10-12)13-5-11(2)6-14(16)8-13/h5-6,8-10,15,17H,4,7H2,1-3H3. The highest BCUT2D eigenvalue weighted by Gasteiger charge is 2.13. The lowest BCUT2D eigenvalue weighted by molar-refractivity contribution is 0.549. The van der Waals surface area contributed by atoms with Gasteiger partial charge in [0.15, 0.2) is 0 Å². The van der Waals surface area contributed by atoms with E-state index in [9.17, 15) is 0 Å². The first-order valence-corrected chi connectivity index (χ1v) is 7.35. The molecule has 1 atom stereocenters. The fourth-order valence-corrected chi connectivity index (χ4v) is 2.96. The van der Waals surface area contributed by atoms with Gasteiger partial charge in [-0.1, -0.05) is 28.9 Å². The molecule has 0 bridgehead atoms. The van der Waals surface area contributed by atoms with Crippen molar-refractivity contribution in [2.45, 2.75) is 26.3 Å². The summed E-state index contributed by atoms with van der Waals surface area (Å²) < 4.78 is 2.99. The fourth-order valence-electron chi connectivity index (χ4n) is 2.33. The highest BCUT2D eigenvalue weighted by atomic mass is 79.9. The molecule has 0 fully saturated rings. The van der Waals surface area contributed by atoms with Crippen LogP contribution in [0.4, 0.5) is 0 Å². The maximum atomic E-state index is 4.24. The summed E-state index contributed by atoms with van der Waals surface area (Å²) in [7, 11) is 1.95. The van der Waals surface area contributed by atoms with Gasteiger partial charge in [0.05, 0.1) is 6.20 Å². The third kappa shape index (κ3) is 3.91. The summed E-state index contributed by atoms with van der Waals surface area (Å²) in [4.78, 5) is 0. The molecule has 4 heteroatoms. The zero-order chi connectivity index (χ0) is 13.8. The SMILES string of the molecule is CCNC(Cc1cnn(C)c1)c1cc(C)cc(Br)c1. The van der Waals surface area contributed by atoms with Crippen molar-refractivity contribution in [1.29, 1.82) is 0 Å². The van der Waals surface area contributed by atoms with Crippen molar-refractivity contribution in [3.8, 4) is 0 Å². The Morgan fingerprint density at radius 2 is 2.16 bits per heavy atom. The Bertz CT molecular complexity index is 528. The zero-order valence-electron chi connectivity index (χ0n) is 11.7. The lowest BCUT2D eigenvalue weighted by atomic mass is 9.99. The number of nitrogens with one attached hydrogen (secondary N) is 1. The van der Waals surface area contributed by atoms with Crippen molar-refractivity contribution in [1.82, 2.24) is 15.1 Å². The van der Waals surface area contributed by atoms with Gasteiger partial charge in [-0.25, -0.2) is 0 Å². The Balaban J connectivity index is 2.23. The van der Waals surface area contributed by atoms with Gasteiger partial charge < -0.3 is 5.32 Å². The molecule has 102 valence electrons. The molecule has 0 aliphatic heterocycles. The first-order chi connectivity index (χ1) is 9.08. The third-order valence-electron chi connectivity index (χ3n) is 3.12. The average molecular weight is 322 g/mol. The van der Waals surface area contributed by atoms with Crippen molar-refractivity contribution in [3.63, 3.8) is 0 Å². The van der Waals surface area contributed by atoms with Crippen molar-refractivity contribution in [2.24, 2.45) is 7.05 Å². The van der Waals surface area contributed by atoms with Crippen LogP contribution in [0.3, 0.4) is 0 Å². The molecule has 2 rings (SSSR count). The minimum absolute atomic E-state index is 0.324. The van der Waals surface area contributed by atoms with E-state index in [4.69, 9.17) is 0 Å². The van der Waals surface area contributed by atoms with Crippen LogP contribution < -0.4 is 5.32 Å². The Morgan fingerprint density at radius 3 is 2.74 bits per heavy atom. The molecule has 0 aliphatic carbocycles. The van der Waals surface area contributed by atoms with Gasteiger partial charge in [-0.3, -0.25) is 4.68 Å². The van der Waals surface area contributed by atoms with E-state index in [1.807, 2.05) is 17.9 Å². The monoisotopic (exact) mass is 321 g/mol. The van der Waals surface area contributed by atoms with E-state index in [1.54, 1.807) is 0 Å². The van der Waals surface area contributed by atoms with Crippen LogP contribution in [-0.4, -0.2) is 16.3 Å². The van der Waals surface area contributed by atoms with Crippen LogP contribution in [0.15, 0.2) is 35.1 Å². The molecule has 3 nitrogen and oxygen atoms in total. The molecule has 1 aromatic carbocycles. The molecular weight excluding hydrogens is 302 g/mol. The van der Waals surface area contributed by atoms with E-state index in [1.165, 1.54) is 16.7 Å².